The van der Waals surface area contributed by atoms with E-state index in [1.165, 1.54) is 16.4 Å². The molecule has 7 heteroatoms. The molecule has 1 fully saturated rings. The van der Waals surface area contributed by atoms with Gasteiger partial charge >= 0.3 is 0 Å². The molecule has 0 aliphatic carbocycles. The fourth-order valence-electron chi connectivity index (χ4n) is 2.94. The molecule has 2 aromatic carbocycles. The molecule has 144 valence electrons. The Labute approximate surface area is 160 Å². The van der Waals surface area contributed by atoms with Crippen molar-refractivity contribution in [3.8, 4) is 5.75 Å². The van der Waals surface area contributed by atoms with Crippen LogP contribution >= 0.6 is 0 Å². The van der Waals surface area contributed by atoms with Gasteiger partial charge in [0.15, 0.2) is 0 Å². The molecule has 1 heterocycles. The highest BCUT2D eigenvalue weighted by molar-refractivity contribution is 7.89. The number of nitrogens with zero attached hydrogens (tertiary/aromatic N) is 1. The standard InChI is InChI=1S/C20H24N2O4S/c1-2-14-26-18-7-5-6-16(15-18)20(23)21-17-8-10-19(11-9-17)27(24,25)22-12-3-4-13-22/h5-11,15H,2-4,12-14H2,1H3,(H,21,23). The van der Waals surface area contributed by atoms with Gasteiger partial charge in [0, 0.05) is 24.3 Å². The molecule has 27 heavy (non-hydrogen) atoms. The molecule has 0 unspecified atom stereocenters. The first-order chi connectivity index (χ1) is 13.0. The van der Waals surface area contributed by atoms with Crippen LogP contribution in [0.5, 0.6) is 5.75 Å². The zero-order chi connectivity index (χ0) is 19.3. The molecule has 0 aromatic heterocycles. The van der Waals surface area contributed by atoms with Crippen LogP contribution in [0.3, 0.4) is 0 Å². The predicted molar refractivity (Wildman–Crippen MR) is 105 cm³/mol. The zero-order valence-electron chi connectivity index (χ0n) is 15.3. The number of ether oxygens (including phenoxy) is 1. The summed E-state index contributed by atoms with van der Waals surface area (Å²) >= 11 is 0. The summed E-state index contributed by atoms with van der Waals surface area (Å²) in [5.41, 5.74) is 1.03. The van der Waals surface area contributed by atoms with E-state index in [1.807, 2.05) is 13.0 Å². The lowest BCUT2D eigenvalue weighted by Crippen LogP contribution is -2.27. The van der Waals surface area contributed by atoms with Gasteiger partial charge in [-0.15, -0.1) is 0 Å². The molecule has 1 saturated heterocycles. The Morgan fingerprint density at radius 3 is 2.48 bits per heavy atom. The smallest absolute Gasteiger partial charge is 0.255 e. The number of sulfonamides is 1. The number of anilines is 1. The molecule has 0 atom stereocenters. The van der Waals surface area contributed by atoms with E-state index in [4.69, 9.17) is 4.74 Å². The second kappa shape index (κ2) is 8.54. The van der Waals surface area contributed by atoms with Crippen molar-refractivity contribution in [1.29, 1.82) is 0 Å². The average Bonchev–Trinajstić information content (AvgIpc) is 3.23. The van der Waals surface area contributed by atoms with Crippen LogP contribution in [0.25, 0.3) is 0 Å². The Balaban J connectivity index is 1.68. The van der Waals surface area contributed by atoms with Crippen molar-refractivity contribution in [2.45, 2.75) is 31.1 Å². The average molecular weight is 388 g/mol. The molecule has 3 rings (SSSR count). The van der Waals surface area contributed by atoms with Gasteiger partial charge in [-0.25, -0.2) is 8.42 Å². The lowest BCUT2D eigenvalue weighted by molar-refractivity contribution is 0.102. The minimum atomic E-state index is -3.45. The molecule has 1 aliphatic heterocycles. The lowest BCUT2D eigenvalue weighted by Gasteiger charge is -2.15. The highest BCUT2D eigenvalue weighted by atomic mass is 32.2. The summed E-state index contributed by atoms with van der Waals surface area (Å²) in [7, 11) is -3.45. The Kier molecular flexibility index (Phi) is 6.13. The number of nitrogens with one attached hydrogen (secondary N) is 1. The van der Waals surface area contributed by atoms with E-state index in [9.17, 15) is 13.2 Å². The summed E-state index contributed by atoms with van der Waals surface area (Å²) in [6.07, 6.45) is 2.69. The van der Waals surface area contributed by atoms with Gasteiger partial charge in [0.25, 0.3) is 5.91 Å². The van der Waals surface area contributed by atoms with Crippen LogP contribution in [0, 0.1) is 0 Å². The minimum Gasteiger partial charge on any atom is -0.494 e. The van der Waals surface area contributed by atoms with Gasteiger partial charge in [-0.2, -0.15) is 4.31 Å². The number of rotatable bonds is 7. The molecule has 2 aromatic rings. The van der Waals surface area contributed by atoms with Crippen LogP contribution in [0.2, 0.25) is 0 Å². The summed E-state index contributed by atoms with van der Waals surface area (Å²) < 4.78 is 32.1. The molecule has 0 bridgehead atoms. The number of hydrogen-bond donors (Lipinski definition) is 1. The van der Waals surface area contributed by atoms with Crippen LogP contribution < -0.4 is 10.1 Å². The summed E-state index contributed by atoms with van der Waals surface area (Å²) in [6, 6.07) is 13.3. The third kappa shape index (κ3) is 4.67. The van der Waals surface area contributed by atoms with E-state index >= 15 is 0 Å². The predicted octanol–water partition coefficient (Wildman–Crippen LogP) is 3.51. The van der Waals surface area contributed by atoms with Crippen LogP contribution in [-0.2, 0) is 10.0 Å². The van der Waals surface area contributed by atoms with Crippen molar-refractivity contribution in [2.75, 3.05) is 25.0 Å². The molecule has 1 amide bonds. The van der Waals surface area contributed by atoms with Crippen LogP contribution in [0.4, 0.5) is 5.69 Å². The Morgan fingerprint density at radius 2 is 1.81 bits per heavy atom. The summed E-state index contributed by atoms with van der Waals surface area (Å²) in [5, 5.41) is 2.79. The van der Waals surface area contributed by atoms with Crippen molar-refractivity contribution in [3.05, 3.63) is 54.1 Å². The van der Waals surface area contributed by atoms with Gasteiger partial charge in [-0.05, 0) is 61.7 Å². The molecule has 1 N–H and O–H groups in total. The van der Waals surface area contributed by atoms with E-state index in [2.05, 4.69) is 5.32 Å². The molecule has 6 nitrogen and oxygen atoms in total. The number of amides is 1. The second-order valence-electron chi connectivity index (χ2n) is 6.47. The van der Waals surface area contributed by atoms with Gasteiger partial charge in [-0.1, -0.05) is 13.0 Å². The maximum absolute atomic E-state index is 12.5. The largest absolute Gasteiger partial charge is 0.494 e. The van der Waals surface area contributed by atoms with Crippen LogP contribution in [-0.4, -0.2) is 38.3 Å². The van der Waals surface area contributed by atoms with Crippen LogP contribution in [0.15, 0.2) is 53.4 Å². The third-order valence-electron chi connectivity index (χ3n) is 4.38. The van der Waals surface area contributed by atoms with Crippen molar-refractivity contribution in [1.82, 2.24) is 4.31 Å². The van der Waals surface area contributed by atoms with Gasteiger partial charge in [0.05, 0.1) is 11.5 Å². The number of benzene rings is 2. The highest BCUT2D eigenvalue weighted by Gasteiger charge is 2.26. The Bertz CT molecular complexity index is 888. The summed E-state index contributed by atoms with van der Waals surface area (Å²) in [4.78, 5) is 12.7. The quantitative estimate of drug-likeness (QED) is 0.787. The molecular formula is C20H24N2O4S. The maximum Gasteiger partial charge on any atom is 0.255 e. The van der Waals surface area contributed by atoms with Crippen molar-refractivity contribution < 1.29 is 17.9 Å². The first-order valence-electron chi connectivity index (χ1n) is 9.15. The minimum absolute atomic E-state index is 0.248. The first-order valence-corrected chi connectivity index (χ1v) is 10.6. The first kappa shape index (κ1) is 19.4. The van der Waals surface area contributed by atoms with E-state index in [1.54, 1.807) is 30.3 Å². The van der Waals surface area contributed by atoms with Crippen molar-refractivity contribution >= 4 is 21.6 Å². The van der Waals surface area contributed by atoms with E-state index < -0.39 is 10.0 Å². The fraction of sp³-hybridized carbons (Fsp3) is 0.350. The number of carbonyl (C=O) groups is 1. The fourth-order valence-corrected chi connectivity index (χ4v) is 4.46. The highest BCUT2D eigenvalue weighted by Crippen LogP contribution is 2.22. The monoisotopic (exact) mass is 388 g/mol. The second-order valence-corrected chi connectivity index (χ2v) is 8.40. The molecule has 0 saturated carbocycles. The van der Waals surface area contributed by atoms with E-state index in [-0.39, 0.29) is 10.8 Å². The molecule has 1 aliphatic rings. The maximum atomic E-state index is 12.5. The normalized spacial score (nSPS) is 14.9. The summed E-state index contributed by atoms with van der Waals surface area (Å²) in [6.45, 7) is 3.75. The van der Waals surface area contributed by atoms with Gasteiger partial charge in [0.2, 0.25) is 10.0 Å². The Hall–Kier alpha value is -2.38. The number of carbonyl (C=O) groups excluding carboxylic acids is 1. The lowest BCUT2D eigenvalue weighted by atomic mass is 10.2. The third-order valence-corrected chi connectivity index (χ3v) is 6.30. The molecule has 0 radical (unpaired) electrons. The van der Waals surface area contributed by atoms with Gasteiger partial charge in [0.1, 0.15) is 5.75 Å². The SMILES string of the molecule is CCCOc1cccc(C(=O)Nc2ccc(S(=O)(=O)N3CCCC3)cc2)c1. The Morgan fingerprint density at radius 1 is 1.11 bits per heavy atom. The number of hydrogen-bond acceptors (Lipinski definition) is 4. The zero-order valence-corrected chi connectivity index (χ0v) is 16.2. The molecular weight excluding hydrogens is 364 g/mol. The molecule has 0 spiro atoms. The topological polar surface area (TPSA) is 75.7 Å². The summed E-state index contributed by atoms with van der Waals surface area (Å²) in [5.74, 6) is 0.378. The van der Waals surface area contributed by atoms with E-state index in [0.717, 1.165) is 19.3 Å². The van der Waals surface area contributed by atoms with Gasteiger partial charge < -0.3 is 10.1 Å². The van der Waals surface area contributed by atoms with Crippen molar-refractivity contribution in [3.63, 3.8) is 0 Å². The van der Waals surface area contributed by atoms with Gasteiger partial charge in [-0.3, -0.25) is 4.79 Å². The van der Waals surface area contributed by atoms with Crippen molar-refractivity contribution in [2.24, 2.45) is 0 Å². The van der Waals surface area contributed by atoms with Crippen LogP contribution in [0.1, 0.15) is 36.5 Å². The van der Waals surface area contributed by atoms with E-state index in [0.29, 0.717) is 36.7 Å².